The van der Waals surface area contributed by atoms with Crippen molar-refractivity contribution in [2.24, 2.45) is 0 Å². The van der Waals surface area contributed by atoms with Gasteiger partial charge in [0, 0.05) is 6.04 Å². The van der Waals surface area contributed by atoms with Crippen LogP contribution in [0.25, 0.3) is 0 Å². The lowest BCUT2D eigenvalue weighted by atomic mass is 10.2. The van der Waals surface area contributed by atoms with Gasteiger partial charge in [-0.1, -0.05) is 0 Å². The molecule has 4 heteroatoms. The number of ether oxygens (including phenoxy) is 1. The molecule has 0 bridgehead atoms. The van der Waals surface area contributed by atoms with Crippen LogP contribution in [0.4, 0.5) is 4.79 Å². The number of likely N-dealkylation sites (tertiary alicyclic amines) is 1. The average Bonchev–Trinajstić information content (AvgIpc) is 2.21. The van der Waals surface area contributed by atoms with Crippen molar-refractivity contribution in [1.82, 2.24) is 4.90 Å². The highest BCUT2D eigenvalue weighted by Crippen LogP contribution is 2.32. The van der Waals surface area contributed by atoms with Crippen LogP contribution in [0.2, 0.25) is 0 Å². The van der Waals surface area contributed by atoms with Gasteiger partial charge in [0.05, 0.1) is 0 Å². The van der Waals surface area contributed by atoms with Crippen molar-refractivity contribution in [3.05, 3.63) is 0 Å². The molecule has 1 saturated heterocycles. The fourth-order valence-corrected chi connectivity index (χ4v) is 1.89. The zero-order valence-electron chi connectivity index (χ0n) is 10.2. The lowest BCUT2D eigenvalue weighted by molar-refractivity contribution is -0.0807. The van der Waals surface area contributed by atoms with Gasteiger partial charge in [0.15, 0.2) is 0 Å². The van der Waals surface area contributed by atoms with E-state index in [1.807, 2.05) is 27.7 Å². The minimum Gasteiger partial charge on any atom is -0.444 e. The van der Waals surface area contributed by atoms with Crippen molar-refractivity contribution in [3.8, 4) is 0 Å². The molecule has 0 aliphatic carbocycles. The number of carbonyl (C=O) groups excluding carboxylic acids is 1. The Kier molecular flexibility index (Phi) is 3.01. The van der Waals surface area contributed by atoms with Crippen LogP contribution in [-0.2, 0) is 4.74 Å². The highest BCUT2D eigenvalue weighted by molar-refractivity contribution is 5.69. The number of aliphatic hydroxyl groups is 1. The second kappa shape index (κ2) is 3.67. The predicted molar refractivity (Wildman–Crippen MR) is 57.4 cm³/mol. The van der Waals surface area contributed by atoms with E-state index < -0.39 is 17.4 Å². The fraction of sp³-hybridized carbons (Fsp3) is 0.909. The Bertz CT molecular complexity index is 255. The minimum absolute atomic E-state index is 0.0369. The van der Waals surface area contributed by atoms with Crippen molar-refractivity contribution < 1.29 is 14.6 Å². The maximum Gasteiger partial charge on any atom is 0.412 e. The zero-order chi connectivity index (χ0) is 11.9. The van der Waals surface area contributed by atoms with E-state index in [2.05, 4.69) is 0 Å². The van der Waals surface area contributed by atoms with Gasteiger partial charge in [-0.15, -0.1) is 0 Å². The van der Waals surface area contributed by atoms with Crippen molar-refractivity contribution in [2.75, 3.05) is 0 Å². The van der Waals surface area contributed by atoms with Crippen LogP contribution in [0.5, 0.6) is 0 Å². The molecule has 1 fully saturated rings. The van der Waals surface area contributed by atoms with E-state index in [1.54, 1.807) is 6.92 Å². The summed E-state index contributed by atoms with van der Waals surface area (Å²) in [5, 5.41) is 10.0. The Labute approximate surface area is 91.2 Å². The standard InChI is InChI=1S/C11H21NO3/c1-8-6-7-11(5,14)12(8)9(13)15-10(2,3)4/h8,14H,6-7H2,1-5H3/t8-,11?/m0/s1. The number of hydrogen-bond donors (Lipinski definition) is 1. The predicted octanol–water partition coefficient (Wildman–Crippen LogP) is 2.11. The molecule has 4 nitrogen and oxygen atoms in total. The van der Waals surface area contributed by atoms with E-state index in [1.165, 1.54) is 4.90 Å². The molecule has 2 atom stereocenters. The molecule has 0 saturated carbocycles. The fourth-order valence-electron chi connectivity index (χ4n) is 1.89. The third-order valence-electron chi connectivity index (χ3n) is 2.59. The monoisotopic (exact) mass is 215 g/mol. The topological polar surface area (TPSA) is 49.8 Å². The summed E-state index contributed by atoms with van der Waals surface area (Å²) in [5.41, 5.74) is -1.59. The van der Waals surface area contributed by atoms with Crippen LogP contribution in [0.15, 0.2) is 0 Å². The summed E-state index contributed by atoms with van der Waals surface area (Å²) in [6, 6.07) is 0.0369. The van der Waals surface area contributed by atoms with Gasteiger partial charge in [-0.3, -0.25) is 4.90 Å². The number of carbonyl (C=O) groups is 1. The second-order valence-electron chi connectivity index (χ2n) is 5.46. The second-order valence-corrected chi connectivity index (χ2v) is 5.46. The number of nitrogens with zero attached hydrogens (tertiary/aromatic N) is 1. The molecule has 15 heavy (non-hydrogen) atoms. The number of amides is 1. The van der Waals surface area contributed by atoms with Gasteiger partial charge in [-0.25, -0.2) is 4.79 Å². The minimum atomic E-state index is -1.07. The van der Waals surface area contributed by atoms with Crippen LogP contribution >= 0.6 is 0 Å². The van der Waals surface area contributed by atoms with Gasteiger partial charge in [0.1, 0.15) is 11.3 Å². The lowest BCUT2D eigenvalue weighted by Crippen LogP contribution is -2.49. The first-order valence-corrected chi connectivity index (χ1v) is 5.38. The van der Waals surface area contributed by atoms with Crippen LogP contribution in [0.1, 0.15) is 47.5 Å². The van der Waals surface area contributed by atoms with Crippen molar-refractivity contribution in [3.63, 3.8) is 0 Å². The molecule has 1 heterocycles. The van der Waals surface area contributed by atoms with Crippen molar-refractivity contribution in [1.29, 1.82) is 0 Å². The molecule has 1 N–H and O–H groups in total. The summed E-state index contributed by atoms with van der Waals surface area (Å²) in [7, 11) is 0. The Hall–Kier alpha value is -0.770. The molecule has 0 aromatic rings. The molecule has 88 valence electrons. The number of hydrogen-bond acceptors (Lipinski definition) is 3. The average molecular weight is 215 g/mol. The molecular formula is C11H21NO3. The number of rotatable bonds is 0. The molecule has 0 spiro atoms. The van der Waals surface area contributed by atoms with Crippen molar-refractivity contribution >= 4 is 6.09 Å². The summed E-state index contributed by atoms with van der Waals surface area (Å²) < 4.78 is 5.25. The van der Waals surface area contributed by atoms with Crippen LogP contribution in [0.3, 0.4) is 0 Å². The van der Waals surface area contributed by atoms with E-state index in [9.17, 15) is 9.90 Å². The van der Waals surface area contributed by atoms with E-state index in [0.29, 0.717) is 6.42 Å². The Balaban J connectivity index is 2.74. The maximum absolute atomic E-state index is 11.8. The summed E-state index contributed by atoms with van der Waals surface area (Å²) in [4.78, 5) is 13.3. The highest BCUT2D eigenvalue weighted by atomic mass is 16.6. The summed E-state index contributed by atoms with van der Waals surface area (Å²) in [6.45, 7) is 9.03. The van der Waals surface area contributed by atoms with E-state index in [-0.39, 0.29) is 6.04 Å². The Morgan fingerprint density at radius 1 is 1.53 bits per heavy atom. The third-order valence-corrected chi connectivity index (χ3v) is 2.59. The van der Waals surface area contributed by atoms with Gasteiger partial charge in [0.25, 0.3) is 0 Å². The molecule has 1 aliphatic rings. The molecular weight excluding hydrogens is 194 g/mol. The molecule has 0 aromatic heterocycles. The summed E-state index contributed by atoms with van der Waals surface area (Å²) in [5.74, 6) is 0. The van der Waals surface area contributed by atoms with Gasteiger partial charge in [-0.2, -0.15) is 0 Å². The maximum atomic E-state index is 11.8. The Morgan fingerprint density at radius 2 is 2.07 bits per heavy atom. The van der Waals surface area contributed by atoms with Crippen LogP contribution in [0, 0.1) is 0 Å². The molecule has 1 amide bonds. The van der Waals surface area contributed by atoms with E-state index in [0.717, 1.165) is 6.42 Å². The lowest BCUT2D eigenvalue weighted by Gasteiger charge is -2.34. The Morgan fingerprint density at radius 3 is 2.40 bits per heavy atom. The van der Waals surface area contributed by atoms with Gasteiger partial charge >= 0.3 is 6.09 Å². The first-order chi connectivity index (χ1) is 6.63. The first kappa shape index (κ1) is 12.3. The van der Waals surface area contributed by atoms with Gasteiger partial charge in [0.2, 0.25) is 0 Å². The highest BCUT2D eigenvalue weighted by Gasteiger charge is 2.44. The van der Waals surface area contributed by atoms with Gasteiger partial charge < -0.3 is 9.84 Å². The summed E-state index contributed by atoms with van der Waals surface area (Å²) >= 11 is 0. The quantitative estimate of drug-likeness (QED) is 0.673. The largest absolute Gasteiger partial charge is 0.444 e. The van der Waals surface area contributed by atoms with E-state index in [4.69, 9.17) is 4.74 Å². The van der Waals surface area contributed by atoms with E-state index >= 15 is 0 Å². The molecule has 1 rings (SSSR count). The molecule has 1 unspecified atom stereocenters. The molecule has 0 aromatic carbocycles. The smallest absolute Gasteiger partial charge is 0.412 e. The van der Waals surface area contributed by atoms with Crippen LogP contribution < -0.4 is 0 Å². The van der Waals surface area contributed by atoms with Crippen LogP contribution in [-0.4, -0.2) is 33.5 Å². The van der Waals surface area contributed by atoms with Gasteiger partial charge in [-0.05, 0) is 47.5 Å². The molecule has 0 radical (unpaired) electrons. The third kappa shape index (κ3) is 2.84. The normalized spacial score (nSPS) is 31.9. The SMILES string of the molecule is C[C@H]1CCC(C)(O)N1C(=O)OC(C)(C)C. The summed E-state index contributed by atoms with van der Waals surface area (Å²) in [6.07, 6.45) is 0.983. The molecule has 1 aliphatic heterocycles. The zero-order valence-corrected chi connectivity index (χ0v) is 10.2. The van der Waals surface area contributed by atoms with Crippen molar-refractivity contribution in [2.45, 2.75) is 64.8 Å². The first-order valence-electron chi connectivity index (χ1n) is 5.38.